The van der Waals surface area contributed by atoms with E-state index in [0.29, 0.717) is 17.3 Å². The second-order valence-corrected chi connectivity index (χ2v) is 5.23. The number of nitrogens with two attached hydrogens (primary N) is 1. The number of nitrogen functional groups attached to an aromatic ring is 1. The zero-order valence-electron chi connectivity index (χ0n) is 10.5. The third-order valence-electron chi connectivity index (χ3n) is 3.31. The van der Waals surface area contributed by atoms with Crippen LogP contribution in [0.25, 0.3) is 0 Å². The minimum atomic E-state index is -0.265. The van der Waals surface area contributed by atoms with E-state index < -0.39 is 0 Å². The van der Waals surface area contributed by atoms with Crippen molar-refractivity contribution in [3.8, 4) is 0 Å². The van der Waals surface area contributed by atoms with E-state index in [1.165, 1.54) is 12.1 Å². The molecule has 0 saturated heterocycles. The summed E-state index contributed by atoms with van der Waals surface area (Å²) < 4.78 is 13.0. The second kappa shape index (κ2) is 4.73. The number of hydrogen-bond acceptors (Lipinski definition) is 2. The van der Waals surface area contributed by atoms with Gasteiger partial charge in [0.25, 0.3) is 0 Å². The molecule has 0 radical (unpaired) electrons. The van der Waals surface area contributed by atoms with Gasteiger partial charge in [0.1, 0.15) is 5.82 Å². The van der Waals surface area contributed by atoms with Crippen LogP contribution in [0.2, 0.25) is 0 Å². The van der Waals surface area contributed by atoms with Gasteiger partial charge in [-0.2, -0.15) is 0 Å². The fourth-order valence-corrected chi connectivity index (χ4v) is 1.21. The molecule has 16 heavy (non-hydrogen) atoms. The van der Waals surface area contributed by atoms with Crippen molar-refractivity contribution in [2.75, 3.05) is 17.6 Å². The van der Waals surface area contributed by atoms with Crippen molar-refractivity contribution < 1.29 is 4.39 Å². The van der Waals surface area contributed by atoms with E-state index in [9.17, 15) is 4.39 Å². The molecule has 0 fully saturated rings. The van der Waals surface area contributed by atoms with Gasteiger partial charge in [-0.05, 0) is 29.5 Å². The summed E-state index contributed by atoms with van der Waals surface area (Å²) in [6.45, 7) is 9.49. The van der Waals surface area contributed by atoms with Gasteiger partial charge in [0.15, 0.2) is 0 Å². The molecule has 0 aliphatic heterocycles. The minimum absolute atomic E-state index is 0.152. The Bertz CT molecular complexity index is 359. The molecule has 0 bridgehead atoms. The van der Waals surface area contributed by atoms with Crippen molar-refractivity contribution in [3.05, 3.63) is 24.0 Å². The van der Waals surface area contributed by atoms with Crippen LogP contribution in [0.1, 0.15) is 27.7 Å². The highest BCUT2D eigenvalue weighted by molar-refractivity contribution is 5.65. The normalized spacial score (nSPS) is 11.9. The van der Waals surface area contributed by atoms with Gasteiger partial charge >= 0.3 is 0 Å². The van der Waals surface area contributed by atoms with Crippen LogP contribution in [0.4, 0.5) is 15.8 Å². The highest BCUT2D eigenvalue weighted by Crippen LogP contribution is 2.28. The van der Waals surface area contributed by atoms with Gasteiger partial charge in [-0.15, -0.1) is 0 Å². The van der Waals surface area contributed by atoms with Crippen molar-refractivity contribution in [1.82, 2.24) is 0 Å². The van der Waals surface area contributed by atoms with E-state index in [0.717, 1.165) is 6.54 Å². The summed E-state index contributed by atoms with van der Waals surface area (Å²) in [7, 11) is 0. The molecule has 3 heteroatoms. The Labute approximate surface area is 97.0 Å². The molecule has 0 unspecified atom stereocenters. The Balaban J connectivity index is 2.71. The minimum Gasteiger partial charge on any atom is -0.397 e. The highest BCUT2D eigenvalue weighted by Gasteiger charge is 2.22. The smallest absolute Gasteiger partial charge is 0.125 e. The average Bonchev–Trinajstić information content (AvgIpc) is 2.19. The monoisotopic (exact) mass is 224 g/mol. The third-order valence-corrected chi connectivity index (χ3v) is 3.31. The van der Waals surface area contributed by atoms with E-state index in [4.69, 9.17) is 5.73 Å². The lowest BCUT2D eigenvalue weighted by molar-refractivity contribution is 0.270. The van der Waals surface area contributed by atoms with Crippen LogP contribution >= 0.6 is 0 Å². The average molecular weight is 224 g/mol. The molecule has 1 aromatic carbocycles. The molecule has 0 heterocycles. The summed E-state index contributed by atoms with van der Waals surface area (Å²) in [6, 6.07) is 4.39. The zero-order chi connectivity index (χ0) is 12.3. The third kappa shape index (κ3) is 3.12. The van der Waals surface area contributed by atoms with Crippen LogP contribution in [-0.2, 0) is 0 Å². The Morgan fingerprint density at radius 3 is 2.56 bits per heavy atom. The van der Waals surface area contributed by atoms with E-state index in [1.54, 1.807) is 6.07 Å². The number of rotatable bonds is 4. The maximum Gasteiger partial charge on any atom is 0.125 e. The van der Waals surface area contributed by atoms with Crippen LogP contribution < -0.4 is 11.1 Å². The largest absolute Gasteiger partial charge is 0.397 e. The summed E-state index contributed by atoms with van der Waals surface area (Å²) in [5, 5.41) is 3.21. The van der Waals surface area contributed by atoms with Crippen LogP contribution in [0.3, 0.4) is 0 Å². The van der Waals surface area contributed by atoms with Gasteiger partial charge in [0.05, 0.1) is 11.4 Å². The van der Waals surface area contributed by atoms with Gasteiger partial charge in [0, 0.05) is 6.54 Å². The van der Waals surface area contributed by atoms with Gasteiger partial charge in [-0.25, -0.2) is 4.39 Å². The standard InChI is InChI=1S/C13H21FN2/c1-9(2)13(3,4)8-16-12-7-10(14)5-6-11(12)15/h5-7,9,16H,8,15H2,1-4H3. The van der Waals surface area contributed by atoms with Gasteiger partial charge < -0.3 is 11.1 Å². The SMILES string of the molecule is CC(C)C(C)(C)CNc1cc(F)ccc1N. The lowest BCUT2D eigenvalue weighted by Crippen LogP contribution is -2.28. The van der Waals surface area contributed by atoms with E-state index in [2.05, 4.69) is 33.0 Å². The van der Waals surface area contributed by atoms with Crippen molar-refractivity contribution in [3.63, 3.8) is 0 Å². The second-order valence-electron chi connectivity index (χ2n) is 5.23. The fourth-order valence-electron chi connectivity index (χ4n) is 1.21. The van der Waals surface area contributed by atoms with Gasteiger partial charge in [-0.3, -0.25) is 0 Å². The molecule has 1 aromatic rings. The maximum absolute atomic E-state index is 13.0. The summed E-state index contributed by atoms with van der Waals surface area (Å²) in [5.74, 6) is 0.286. The van der Waals surface area contributed by atoms with Crippen molar-refractivity contribution in [2.24, 2.45) is 11.3 Å². The van der Waals surface area contributed by atoms with Crippen LogP contribution in [0.15, 0.2) is 18.2 Å². The first kappa shape index (κ1) is 12.8. The quantitative estimate of drug-likeness (QED) is 0.768. The Morgan fingerprint density at radius 2 is 2.00 bits per heavy atom. The zero-order valence-corrected chi connectivity index (χ0v) is 10.5. The first-order valence-corrected chi connectivity index (χ1v) is 5.62. The van der Waals surface area contributed by atoms with Crippen LogP contribution in [-0.4, -0.2) is 6.54 Å². The topological polar surface area (TPSA) is 38.0 Å². The number of halogens is 1. The van der Waals surface area contributed by atoms with E-state index >= 15 is 0 Å². The van der Waals surface area contributed by atoms with Crippen LogP contribution in [0, 0.1) is 17.2 Å². The Kier molecular flexibility index (Phi) is 3.79. The number of nitrogens with one attached hydrogen (secondary N) is 1. The molecule has 0 amide bonds. The first-order chi connectivity index (χ1) is 7.33. The summed E-state index contributed by atoms with van der Waals surface area (Å²) in [4.78, 5) is 0. The Morgan fingerprint density at radius 1 is 1.38 bits per heavy atom. The summed E-state index contributed by atoms with van der Waals surface area (Å²) >= 11 is 0. The Hall–Kier alpha value is -1.25. The lowest BCUT2D eigenvalue weighted by Gasteiger charge is -2.30. The molecule has 2 nitrogen and oxygen atoms in total. The molecular formula is C13H21FN2. The number of anilines is 2. The molecule has 3 N–H and O–H groups in total. The predicted molar refractivity (Wildman–Crippen MR) is 67.9 cm³/mol. The van der Waals surface area contributed by atoms with Crippen molar-refractivity contribution in [1.29, 1.82) is 0 Å². The van der Waals surface area contributed by atoms with E-state index in [-0.39, 0.29) is 11.2 Å². The summed E-state index contributed by atoms with van der Waals surface area (Å²) in [5.41, 5.74) is 7.18. The fraction of sp³-hybridized carbons (Fsp3) is 0.538. The van der Waals surface area contributed by atoms with Gasteiger partial charge in [0.2, 0.25) is 0 Å². The molecule has 0 spiro atoms. The molecule has 1 rings (SSSR count). The first-order valence-electron chi connectivity index (χ1n) is 5.62. The van der Waals surface area contributed by atoms with Crippen molar-refractivity contribution >= 4 is 11.4 Å². The summed E-state index contributed by atoms with van der Waals surface area (Å²) in [6.07, 6.45) is 0. The molecule has 90 valence electrons. The molecule has 0 aliphatic carbocycles. The number of benzene rings is 1. The molecule has 0 aromatic heterocycles. The molecule has 0 aliphatic rings. The highest BCUT2D eigenvalue weighted by atomic mass is 19.1. The van der Waals surface area contributed by atoms with Crippen molar-refractivity contribution in [2.45, 2.75) is 27.7 Å². The molecule has 0 saturated carbocycles. The predicted octanol–water partition coefficient (Wildman–Crippen LogP) is 3.50. The van der Waals surface area contributed by atoms with E-state index in [1.807, 2.05) is 0 Å². The number of hydrogen-bond donors (Lipinski definition) is 2. The van der Waals surface area contributed by atoms with Crippen LogP contribution in [0.5, 0.6) is 0 Å². The lowest BCUT2D eigenvalue weighted by atomic mass is 9.81. The van der Waals surface area contributed by atoms with Gasteiger partial charge in [-0.1, -0.05) is 27.7 Å². The molecule has 0 atom stereocenters. The maximum atomic E-state index is 13.0. The molecular weight excluding hydrogens is 203 g/mol.